The first kappa shape index (κ1) is 12.1. The van der Waals surface area contributed by atoms with Crippen LogP contribution in [0.15, 0.2) is 36.1 Å². The minimum Gasteiger partial charge on any atom is -0.329 e. The Balaban J connectivity index is 2.24. The lowest BCUT2D eigenvalue weighted by molar-refractivity contribution is -0.132. The second kappa shape index (κ2) is 4.88. The molecule has 3 nitrogen and oxygen atoms in total. The molecular formula is C14H20N2O. The van der Waals surface area contributed by atoms with Crippen LogP contribution in [0.2, 0.25) is 0 Å². The standard InChI is InChI=1S/C14H20N2O/c1-3-4-5-12-10-14(6-8-15-9-7-14)13(17)16-11(12)2/h3-5,15H,1,6-10H2,2H3,(H,16,17)/b5-4-. The van der Waals surface area contributed by atoms with Gasteiger partial charge in [0.15, 0.2) is 0 Å². The first-order valence-corrected chi connectivity index (χ1v) is 6.19. The summed E-state index contributed by atoms with van der Waals surface area (Å²) in [5.41, 5.74) is 2.02. The number of amides is 1. The van der Waals surface area contributed by atoms with E-state index >= 15 is 0 Å². The third-order valence-electron chi connectivity index (χ3n) is 3.79. The van der Waals surface area contributed by atoms with Crippen LogP contribution in [0.3, 0.4) is 0 Å². The minimum atomic E-state index is -0.189. The molecule has 1 fully saturated rings. The molecule has 0 saturated carbocycles. The molecule has 0 unspecified atom stereocenters. The van der Waals surface area contributed by atoms with E-state index in [-0.39, 0.29) is 11.3 Å². The predicted molar refractivity (Wildman–Crippen MR) is 69.3 cm³/mol. The average Bonchev–Trinajstić information content (AvgIpc) is 2.34. The van der Waals surface area contributed by atoms with E-state index in [1.807, 2.05) is 13.0 Å². The molecule has 0 radical (unpaired) electrons. The highest BCUT2D eigenvalue weighted by atomic mass is 16.2. The Morgan fingerprint density at radius 3 is 2.71 bits per heavy atom. The van der Waals surface area contributed by atoms with Gasteiger partial charge in [-0.2, -0.15) is 0 Å². The van der Waals surface area contributed by atoms with Crippen molar-refractivity contribution in [2.75, 3.05) is 13.1 Å². The van der Waals surface area contributed by atoms with Crippen LogP contribution < -0.4 is 10.6 Å². The van der Waals surface area contributed by atoms with Crippen LogP contribution in [0, 0.1) is 5.41 Å². The van der Waals surface area contributed by atoms with Gasteiger partial charge < -0.3 is 10.6 Å². The molecule has 3 heteroatoms. The van der Waals surface area contributed by atoms with Crippen molar-refractivity contribution in [2.24, 2.45) is 5.41 Å². The highest BCUT2D eigenvalue weighted by molar-refractivity contribution is 5.86. The molecule has 1 saturated heterocycles. The largest absolute Gasteiger partial charge is 0.329 e. The summed E-state index contributed by atoms with van der Waals surface area (Å²) in [4.78, 5) is 12.2. The number of hydrogen-bond acceptors (Lipinski definition) is 2. The van der Waals surface area contributed by atoms with Gasteiger partial charge in [0.25, 0.3) is 0 Å². The molecular weight excluding hydrogens is 212 g/mol. The number of hydrogen-bond donors (Lipinski definition) is 2. The van der Waals surface area contributed by atoms with E-state index in [4.69, 9.17) is 0 Å². The smallest absolute Gasteiger partial charge is 0.230 e. The van der Waals surface area contributed by atoms with Crippen LogP contribution in [-0.2, 0) is 4.79 Å². The van der Waals surface area contributed by atoms with Gasteiger partial charge >= 0.3 is 0 Å². The molecule has 2 rings (SSSR count). The third kappa shape index (κ3) is 2.34. The number of piperidine rings is 1. The number of allylic oxidation sites excluding steroid dienone is 5. The van der Waals surface area contributed by atoms with E-state index in [0.29, 0.717) is 0 Å². The number of rotatable bonds is 2. The van der Waals surface area contributed by atoms with Gasteiger partial charge in [0.2, 0.25) is 5.91 Å². The molecule has 0 aromatic carbocycles. The lowest BCUT2D eigenvalue weighted by Gasteiger charge is -2.40. The second-order valence-corrected chi connectivity index (χ2v) is 4.91. The maximum absolute atomic E-state index is 12.2. The Labute approximate surface area is 103 Å². The Kier molecular flexibility index (Phi) is 3.48. The molecule has 0 atom stereocenters. The highest BCUT2D eigenvalue weighted by Crippen LogP contribution is 2.39. The fraction of sp³-hybridized carbons (Fsp3) is 0.500. The van der Waals surface area contributed by atoms with Crippen LogP contribution in [0.1, 0.15) is 26.2 Å². The van der Waals surface area contributed by atoms with E-state index in [9.17, 15) is 4.79 Å². The van der Waals surface area contributed by atoms with Gasteiger partial charge in [0.05, 0.1) is 5.41 Å². The van der Waals surface area contributed by atoms with Crippen molar-refractivity contribution in [1.82, 2.24) is 10.6 Å². The fourth-order valence-electron chi connectivity index (χ4n) is 2.64. The molecule has 0 aromatic rings. The van der Waals surface area contributed by atoms with E-state index in [1.54, 1.807) is 6.08 Å². The van der Waals surface area contributed by atoms with Gasteiger partial charge in [0.1, 0.15) is 0 Å². The van der Waals surface area contributed by atoms with Gasteiger partial charge in [-0.15, -0.1) is 0 Å². The zero-order chi connectivity index (χ0) is 12.3. The molecule has 0 aliphatic carbocycles. The summed E-state index contributed by atoms with van der Waals surface area (Å²) in [6.07, 6.45) is 8.48. The Morgan fingerprint density at radius 1 is 1.35 bits per heavy atom. The zero-order valence-electron chi connectivity index (χ0n) is 10.4. The van der Waals surface area contributed by atoms with E-state index in [1.165, 1.54) is 5.57 Å². The van der Waals surface area contributed by atoms with Crippen LogP contribution >= 0.6 is 0 Å². The maximum Gasteiger partial charge on any atom is 0.230 e. The lowest BCUT2D eigenvalue weighted by atomic mass is 9.71. The van der Waals surface area contributed by atoms with Crippen molar-refractivity contribution < 1.29 is 4.79 Å². The van der Waals surface area contributed by atoms with Crippen molar-refractivity contribution in [3.8, 4) is 0 Å². The molecule has 92 valence electrons. The lowest BCUT2D eigenvalue weighted by Crippen LogP contribution is -2.49. The number of carbonyl (C=O) groups is 1. The van der Waals surface area contributed by atoms with Gasteiger partial charge in [-0.05, 0) is 44.8 Å². The summed E-state index contributed by atoms with van der Waals surface area (Å²) in [6, 6.07) is 0. The number of carbonyl (C=O) groups excluding carboxylic acids is 1. The molecule has 2 heterocycles. The average molecular weight is 232 g/mol. The zero-order valence-corrected chi connectivity index (χ0v) is 10.4. The fourth-order valence-corrected chi connectivity index (χ4v) is 2.64. The van der Waals surface area contributed by atoms with Crippen LogP contribution in [0.4, 0.5) is 0 Å². The monoisotopic (exact) mass is 232 g/mol. The SMILES string of the molecule is C=C/C=C\C1=C(C)NC(=O)C2(CCNCC2)C1. The third-order valence-corrected chi connectivity index (χ3v) is 3.79. The summed E-state index contributed by atoms with van der Waals surface area (Å²) in [5.74, 6) is 0.201. The Bertz CT molecular complexity index is 387. The maximum atomic E-state index is 12.2. The first-order chi connectivity index (χ1) is 8.18. The molecule has 1 amide bonds. The Morgan fingerprint density at radius 2 is 2.06 bits per heavy atom. The minimum absolute atomic E-state index is 0.189. The van der Waals surface area contributed by atoms with E-state index < -0.39 is 0 Å². The molecule has 1 spiro atoms. The summed E-state index contributed by atoms with van der Waals surface area (Å²) in [7, 11) is 0. The van der Waals surface area contributed by atoms with Crippen molar-refractivity contribution in [3.05, 3.63) is 36.1 Å². The summed E-state index contributed by atoms with van der Waals surface area (Å²) >= 11 is 0. The molecule has 2 aliphatic rings. The van der Waals surface area contributed by atoms with Crippen LogP contribution in [-0.4, -0.2) is 19.0 Å². The molecule has 17 heavy (non-hydrogen) atoms. The molecule has 2 aliphatic heterocycles. The number of nitrogens with one attached hydrogen (secondary N) is 2. The second-order valence-electron chi connectivity index (χ2n) is 4.91. The van der Waals surface area contributed by atoms with Crippen LogP contribution in [0.5, 0.6) is 0 Å². The van der Waals surface area contributed by atoms with Gasteiger partial charge in [-0.25, -0.2) is 0 Å². The molecule has 0 bridgehead atoms. The Hall–Kier alpha value is -1.35. The quantitative estimate of drug-likeness (QED) is 0.714. The van der Waals surface area contributed by atoms with Crippen molar-refractivity contribution in [1.29, 1.82) is 0 Å². The normalized spacial score (nSPS) is 24.2. The summed E-state index contributed by atoms with van der Waals surface area (Å²) < 4.78 is 0. The van der Waals surface area contributed by atoms with Gasteiger partial charge in [-0.3, -0.25) is 4.79 Å². The van der Waals surface area contributed by atoms with Crippen molar-refractivity contribution in [2.45, 2.75) is 26.2 Å². The summed E-state index contributed by atoms with van der Waals surface area (Å²) in [5, 5.41) is 6.34. The highest BCUT2D eigenvalue weighted by Gasteiger charge is 2.42. The summed E-state index contributed by atoms with van der Waals surface area (Å²) in [6.45, 7) is 7.52. The predicted octanol–water partition coefficient (Wildman–Crippen LogP) is 1.89. The van der Waals surface area contributed by atoms with Crippen LogP contribution in [0.25, 0.3) is 0 Å². The van der Waals surface area contributed by atoms with Crippen molar-refractivity contribution >= 4 is 5.91 Å². The van der Waals surface area contributed by atoms with E-state index in [0.717, 1.165) is 38.0 Å². The topological polar surface area (TPSA) is 41.1 Å². The molecule has 0 aromatic heterocycles. The van der Waals surface area contributed by atoms with Crippen molar-refractivity contribution in [3.63, 3.8) is 0 Å². The van der Waals surface area contributed by atoms with Gasteiger partial charge in [-0.1, -0.05) is 24.8 Å². The first-order valence-electron chi connectivity index (χ1n) is 6.19. The molecule has 2 N–H and O–H groups in total. The van der Waals surface area contributed by atoms with E-state index in [2.05, 4.69) is 23.3 Å². The van der Waals surface area contributed by atoms with Gasteiger partial charge in [0, 0.05) is 5.70 Å².